The van der Waals surface area contributed by atoms with Gasteiger partial charge in [-0.2, -0.15) is 0 Å². The van der Waals surface area contributed by atoms with Crippen LogP contribution in [-0.4, -0.2) is 41.9 Å². The SMILES string of the molecule is O=C1C(Br)CCN1CC1=CCOCC1. The van der Waals surface area contributed by atoms with E-state index < -0.39 is 0 Å². The standard InChI is InChI=1S/C10H14BrNO2/c11-9-1-4-12(10(9)13)7-8-2-5-14-6-3-8/h2,9H,1,3-7H2. The van der Waals surface area contributed by atoms with Gasteiger partial charge in [0.25, 0.3) is 0 Å². The van der Waals surface area contributed by atoms with Gasteiger partial charge in [-0.05, 0) is 12.8 Å². The predicted octanol–water partition coefficient (Wildman–Crippen LogP) is 1.33. The Morgan fingerprint density at radius 2 is 2.50 bits per heavy atom. The number of nitrogens with zero attached hydrogens (tertiary/aromatic N) is 1. The summed E-state index contributed by atoms with van der Waals surface area (Å²) in [6.07, 6.45) is 4.00. The second kappa shape index (κ2) is 4.45. The highest BCUT2D eigenvalue weighted by molar-refractivity contribution is 9.10. The molecule has 1 saturated heterocycles. The number of ether oxygens (including phenoxy) is 1. The third kappa shape index (κ3) is 2.17. The lowest BCUT2D eigenvalue weighted by Gasteiger charge is -2.20. The highest BCUT2D eigenvalue weighted by atomic mass is 79.9. The number of hydrogen-bond acceptors (Lipinski definition) is 2. The first-order valence-corrected chi connectivity index (χ1v) is 5.87. The van der Waals surface area contributed by atoms with E-state index in [1.807, 2.05) is 4.90 Å². The summed E-state index contributed by atoms with van der Waals surface area (Å²) in [5.74, 6) is 0.234. The monoisotopic (exact) mass is 259 g/mol. The Labute approximate surface area is 92.2 Å². The van der Waals surface area contributed by atoms with E-state index >= 15 is 0 Å². The van der Waals surface area contributed by atoms with Crippen molar-refractivity contribution in [1.29, 1.82) is 0 Å². The first kappa shape index (κ1) is 10.2. The summed E-state index contributed by atoms with van der Waals surface area (Å²) in [5.41, 5.74) is 1.34. The summed E-state index contributed by atoms with van der Waals surface area (Å²) >= 11 is 3.37. The molecule has 0 aromatic carbocycles. The molecule has 2 rings (SSSR count). The first-order chi connectivity index (χ1) is 6.77. The van der Waals surface area contributed by atoms with Gasteiger partial charge in [0, 0.05) is 13.1 Å². The molecule has 78 valence electrons. The maximum Gasteiger partial charge on any atom is 0.236 e. The van der Waals surface area contributed by atoms with Crippen molar-refractivity contribution >= 4 is 21.8 Å². The zero-order valence-corrected chi connectivity index (χ0v) is 9.63. The molecule has 0 aromatic heterocycles. The van der Waals surface area contributed by atoms with Gasteiger partial charge in [0.15, 0.2) is 0 Å². The number of alkyl halides is 1. The van der Waals surface area contributed by atoms with Crippen LogP contribution in [0.15, 0.2) is 11.6 Å². The molecule has 14 heavy (non-hydrogen) atoms. The van der Waals surface area contributed by atoms with Crippen LogP contribution < -0.4 is 0 Å². The van der Waals surface area contributed by atoms with Gasteiger partial charge in [-0.1, -0.05) is 27.6 Å². The van der Waals surface area contributed by atoms with Crippen LogP contribution >= 0.6 is 15.9 Å². The van der Waals surface area contributed by atoms with Gasteiger partial charge in [0.2, 0.25) is 5.91 Å². The van der Waals surface area contributed by atoms with Crippen LogP contribution in [0, 0.1) is 0 Å². The molecule has 1 atom stereocenters. The second-order valence-electron chi connectivity index (χ2n) is 3.70. The Morgan fingerprint density at radius 3 is 3.07 bits per heavy atom. The molecule has 0 bridgehead atoms. The van der Waals surface area contributed by atoms with Crippen molar-refractivity contribution in [2.75, 3.05) is 26.3 Å². The number of amides is 1. The highest BCUT2D eigenvalue weighted by Crippen LogP contribution is 2.20. The van der Waals surface area contributed by atoms with Crippen molar-refractivity contribution in [3.05, 3.63) is 11.6 Å². The number of rotatable bonds is 2. The predicted molar refractivity (Wildman–Crippen MR) is 57.4 cm³/mol. The molecule has 0 radical (unpaired) electrons. The van der Waals surface area contributed by atoms with Crippen LogP contribution in [0.4, 0.5) is 0 Å². The van der Waals surface area contributed by atoms with Crippen LogP contribution in [0.25, 0.3) is 0 Å². The van der Waals surface area contributed by atoms with Gasteiger partial charge in [0.05, 0.1) is 18.0 Å². The Kier molecular flexibility index (Phi) is 3.23. The second-order valence-corrected chi connectivity index (χ2v) is 4.81. The molecule has 1 fully saturated rings. The third-order valence-corrected chi connectivity index (χ3v) is 3.53. The van der Waals surface area contributed by atoms with E-state index in [9.17, 15) is 4.79 Å². The van der Waals surface area contributed by atoms with Crippen molar-refractivity contribution in [1.82, 2.24) is 4.90 Å². The minimum absolute atomic E-state index is 0.0444. The molecular weight excluding hydrogens is 246 g/mol. The number of likely N-dealkylation sites (tertiary alicyclic amines) is 1. The minimum atomic E-state index is 0.0444. The molecule has 0 N–H and O–H groups in total. The Balaban J connectivity index is 1.91. The largest absolute Gasteiger partial charge is 0.377 e. The maximum atomic E-state index is 11.6. The topological polar surface area (TPSA) is 29.5 Å². The van der Waals surface area contributed by atoms with E-state index in [4.69, 9.17) is 4.74 Å². The summed E-state index contributed by atoms with van der Waals surface area (Å²) in [4.78, 5) is 13.6. The lowest BCUT2D eigenvalue weighted by molar-refractivity contribution is -0.126. The van der Waals surface area contributed by atoms with Gasteiger partial charge in [-0.15, -0.1) is 0 Å². The van der Waals surface area contributed by atoms with Crippen molar-refractivity contribution in [3.8, 4) is 0 Å². The molecule has 3 nitrogen and oxygen atoms in total. The van der Waals surface area contributed by atoms with Crippen LogP contribution in [0.5, 0.6) is 0 Å². The molecule has 2 aliphatic rings. The van der Waals surface area contributed by atoms with Crippen molar-refractivity contribution in [2.24, 2.45) is 0 Å². The summed E-state index contributed by atoms with van der Waals surface area (Å²) < 4.78 is 5.22. The molecule has 2 heterocycles. The Morgan fingerprint density at radius 1 is 1.64 bits per heavy atom. The molecular formula is C10H14BrNO2. The number of halogens is 1. The maximum absolute atomic E-state index is 11.6. The van der Waals surface area contributed by atoms with Crippen molar-refractivity contribution in [3.63, 3.8) is 0 Å². The zero-order valence-electron chi connectivity index (χ0n) is 8.04. The average Bonchev–Trinajstić information content (AvgIpc) is 2.52. The van der Waals surface area contributed by atoms with Gasteiger partial charge >= 0.3 is 0 Å². The Bertz CT molecular complexity index is 265. The molecule has 1 amide bonds. The van der Waals surface area contributed by atoms with E-state index in [2.05, 4.69) is 22.0 Å². The summed E-state index contributed by atoms with van der Waals surface area (Å²) in [6.45, 7) is 3.18. The Hall–Kier alpha value is -0.350. The lowest BCUT2D eigenvalue weighted by Crippen LogP contribution is -2.30. The quantitative estimate of drug-likeness (QED) is 0.553. The normalized spacial score (nSPS) is 28.1. The fourth-order valence-electron chi connectivity index (χ4n) is 1.81. The average molecular weight is 260 g/mol. The van der Waals surface area contributed by atoms with E-state index in [-0.39, 0.29) is 10.7 Å². The molecule has 0 saturated carbocycles. The van der Waals surface area contributed by atoms with Crippen LogP contribution in [-0.2, 0) is 9.53 Å². The van der Waals surface area contributed by atoms with Crippen LogP contribution in [0.1, 0.15) is 12.8 Å². The smallest absolute Gasteiger partial charge is 0.236 e. The van der Waals surface area contributed by atoms with Crippen LogP contribution in [0.3, 0.4) is 0 Å². The lowest BCUT2D eigenvalue weighted by atomic mass is 10.1. The van der Waals surface area contributed by atoms with Gasteiger partial charge in [0.1, 0.15) is 0 Å². The number of hydrogen-bond donors (Lipinski definition) is 0. The number of carbonyl (C=O) groups excluding carboxylic acids is 1. The first-order valence-electron chi connectivity index (χ1n) is 4.96. The zero-order chi connectivity index (χ0) is 9.97. The van der Waals surface area contributed by atoms with E-state index in [1.165, 1.54) is 5.57 Å². The minimum Gasteiger partial charge on any atom is -0.377 e. The van der Waals surface area contributed by atoms with Crippen molar-refractivity contribution < 1.29 is 9.53 Å². The third-order valence-electron chi connectivity index (χ3n) is 2.68. The van der Waals surface area contributed by atoms with E-state index in [0.717, 1.165) is 32.5 Å². The molecule has 2 aliphatic heterocycles. The molecule has 0 spiro atoms. The molecule has 1 unspecified atom stereocenters. The molecule has 0 aliphatic carbocycles. The van der Waals surface area contributed by atoms with Crippen LogP contribution in [0.2, 0.25) is 0 Å². The van der Waals surface area contributed by atoms with E-state index in [1.54, 1.807) is 0 Å². The van der Waals surface area contributed by atoms with Gasteiger partial charge < -0.3 is 9.64 Å². The van der Waals surface area contributed by atoms with Gasteiger partial charge in [-0.3, -0.25) is 4.79 Å². The number of carbonyl (C=O) groups is 1. The summed E-state index contributed by atoms with van der Waals surface area (Å²) in [7, 11) is 0. The van der Waals surface area contributed by atoms with E-state index in [0.29, 0.717) is 6.61 Å². The summed E-state index contributed by atoms with van der Waals surface area (Å²) in [6, 6.07) is 0. The summed E-state index contributed by atoms with van der Waals surface area (Å²) in [5, 5.41) is 0. The fourth-order valence-corrected chi connectivity index (χ4v) is 2.31. The molecule has 4 heteroatoms. The fraction of sp³-hybridized carbons (Fsp3) is 0.700. The highest BCUT2D eigenvalue weighted by Gasteiger charge is 2.29. The van der Waals surface area contributed by atoms with Gasteiger partial charge in [-0.25, -0.2) is 0 Å². The molecule has 0 aromatic rings. The van der Waals surface area contributed by atoms with Crippen molar-refractivity contribution in [2.45, 2.75) is 17.7 Å².